The fourth-order valence-corrected chi connectivity index (χ4v) is 4.58. The number of thiophene rings is 1. The molecular weight excluding hydrogens is 343 g/mol. The molecule has 2 heterocycles. The third kappa shape index (κ3) is 2.55. The fourth-order valence-electron chi connectivity index (χ4n) is 3.31. The van der Waals surface area contributed by atoms with E-state index in [1.807, 2.05) is 0 Å². The number of rotatable bonds is 3. The SMILES string of the molecule is Cc1cc(C(=O)Cn2c(=O)[nH]c3sc4c(c3c2=O)CCC4)ccc1F. The zero-order valence-electron chi connectivity index (χ0n) is 13.5. The largest absolute Gasteiger partial charge is 0.329 e. The number of benzene rings is 1. The first kappa shape index (κ1) is 16.0. The van der Waals surface area contributed by atoms with Crippen LogP contribution in [0.5, 0.6) is 0 Å². The van der Waals surface area contributed by atoms with Crippen LogP contribution in [0.1, 0.15) is 32.8 Å². The molecule has 5 nitrogen and oxygen atoms in total. The second-order valence-electron chi connectivity index (χ2n) is 6.27. The molecule has 1 aliphatic rings. The number of aromatic nitrogens is 2. The van der Waals surface area contributed by atoms with E-state index in [1.54, 1.807) is 6.92 Å². The van der Waals surface area contributed by atoms with Gasteiger partial charge in [0.25, 0.3) is 5.56 Å². The van der Waals surface area contributed by atoms with Crippen molar-refractivity contribution >= 4 is 27.3 Å². The molecule has 0 bridgehead atoms. The third-order valence-corrected chi connectivity index (χ3v) is 5.83. The zero-order valence-corrected chi connectivity index (χ0v) is 14.3. The number of nitrogens with zero attached hydrogens (tertiary/aromatic N) is 1. The number of H-pyrrole nitrogens is 1. The highest BCUT2D eigenvalue weighted by molar-refractivity contribution is 7.18. The average molecular weight is 358 g/mol. The monoisotopic (exact) mass is 358 g/mol. The minimum Gasteiger partial charge on any atom is -0.298 e. The van der Waals surface area contributed by atoms with Crippen molar-refractivity contribution in [3.8, 4) is 0 Å². The van der Waals surface area contributed by atoms with Crippen molar-refractivity contribution in [2.24, 2.45) is 0 Å². The molecule has 0 saturated carbocycles. The molecule has 0 fully saturated rings. The Bertz CT molecular complexity index is 1140. The Hall–Kier alpha value is -2.54. The highest BCUT2D eigenvalue weighted by Crippen LogP contribution is 2.33. The summed E-state index contributed by atoms with van der Waals surface area (Å²) in [7, 11) is 0. The molecule has 1 aliphatic carbocycles. The van der Waals surface area contributed by atoms with E-state index in [4.69, 9.17) is 0 Å². The number of halogens is 1. The van der Waals surface area contributed by atoms with Crippen LogP contribution in [-0.4, -0.2) is 15.3 Å². The number of aryl methyl sites for hydroxylation is 3. The summed E-state index contributed by atoms with van der Waals surface area (Å²) in [6.45, 7) is 1.20. The van der Waals surface area contributed by atoms with Gasteiger partial charge in [0.15, 0.2) is 5.78 Å². The van der Waals surface area contributed by atoms with Gasteiger partial charge in [-0.25, -0.2) is 9.18 Å². The Morgan fingerprint density at radius 3 is 2.88 bits per heavy atom. The van der Waals surface area contributed by atoms with Crippen LogP contribution in [0, 0.1) is 12.7 Å². The first-order chi connectivity index (χ1) is 12.0. The second kappa shape index (κ2) is 5.77. The average Bonchev–Trinajstić information content (AvgIpc) is 3.14. The lowest BCUT2D eigenvalue weighted by Crippen LogP contribution is -2.37. The maximum Gasteiger partial charge on any atom is 0.329 e. The summed E-state index contributed by atoms with van der Waals surface area (Å²) in [4.78, 5) is 42.0. The van der Waals surface area contributed by atoms with E-state index in [0.717, 1.165) is 34.3 Å². The molecule has 7 heteroatoms. The topological polar surface area (TPSA) is 71.9 Å². The van der Waals surface area contributed by atoms with Crippen molar-refractivity contribution in [1.29, 1.82) is 0 Å². The van der Waals surface area contributed by atoms with Gasteiger partial charge in [-0.3, -0.25) is 19.1 Å². The molecule has 4 rings (SSSR count). The van der Waals surface area contributed by atoms with Crippen LogP contribution < -0.4 is 11.2 Å². The van der Waals surface area contributed by atoms with Gasteiger partial charge in [-0.2, -0.15) is 0 Å². The van der Waals surface area contributed by atoms with Crippen molar-refractivity contribution in [2.45, 2.75) is 32.7 Å². The van der Waals surface area contributed by atoms with Crippen molar-refractivity contribution < 1.29 is 9.18 Å². The Balaban J connectivity index is 1.79. The lowest BCUT2D eigenvalue weighted by Gasteiger charge is -2.06. The van der Waals surface area contributed by atoms with E-state index in [0.29, 0.717) is 15.8 Å². The quantitative estimate of drug-likeness (QED) is 0.732. The smallest absolute Gasteiger partial charge is 0.298 e. The molecule has 0 radical (unpaired) electrons. The number of aromatic amines is 1. The molecule has 0 amide bonds. The Morgan fingerprint density at radius 1 is 1.32 bits per heavy atom. The molecule has 128 valence electrons. The van der Waals surface area contributed by atoms with Gasteiger partial charge >= 0.3 is 5.69 Å². The van der Waals surface area contributed by atoms with Crippen LogP contribution in [0.25, 0.3) is 10.2 Å². The number of carbonyl (C=O) groups is 1. The van der Waals surface area contributed by atoms with E-state index in [2.05, 4.69) is 4.98 Å². The van der Waals surface area contributed by atoms with Gasteiger partial charge in [0.2, 0.25) is 0 Å². The first-order valence-electron chi connectivity index (χ1n) is 8.02. The summed E-state index contributed by atoms with van der Waals surface area (Å²) in [5.74, 6) is -0.802. The lowest BCUT2D eigenvalue weighted by molar-refractivity contribution is 0.0969. The summed E-state index contributed by atoms with van der Waals surface area (Å²) >= 11 is 1.45. The van der Waals surface area contributed by atoms with Gasteiger partial charge in [0.05, 0.1) is 11.9 Å². The predicted octanol–water partition coefficient (Wildman–Crippen LogP) is 2.57. The highest BCUT2D eigenvalue weighted by Gasteiger charge is 2.22. The standard InChI is InChI=1S/C18H15FN2O3S/c1-9-7-10(5-6-12(9)19)13(22)8-21-17(23)15-11-3-2-4-14(11)25-16(15)20-18(21)24/h5-7H,2-4,8H2,1H3,(H,20,24). The van der Waals surface area contributed by atoms with E-state index < -0.39 is 22.8 Å². The third-order valence-electron chi connectivity index (χ3n) is 4.63. The van der Waals surface area contributed by atoms with Crippen molar-refractivity contribution in [3.05, 3.63) is 66.4 Å². The van der Waals surface area contributed by atoms with Crippen LogP contribution in [0.15, 0.2) is 27.8 Å². The summed E-state index contributed by atoms with van der Waals surface area (Å²) in [6.07, 6.45) is 2.75. The number of ketones is 1. The van der Waals surface area contributed by atoms with Gasteiger partial charge in [-0.05, 0) is 55.5 Å². The van der Waals surface area contributed by atoms with Gasteiger partial charge in [0.1, 0.15) is 10.6 Å². The number of hydrogen-bond acceptors (Lipinski definition) is 4. The minimum absolute atomic E-state index is 0.279. The van der Waals surface area contributed by atoms with Crippen LogP contribution in [0.4, 0.5) is 4.39 Å². The van der Waals surface area contributed by atoms with E-state index in [-0.39, 0.29) is 12.1 Å². The summed E-state index contributed by atoms with van der Waals surface area (Å²) in [6, 6.07) is 4.01. The molecule has 0 aliphatic heterocycles. The number of Topliss-reactive ketones (excluding diaryl/α,β-unsaturated/α-hetero) is 1. The number of fused-ring (bicyclic) bond motifs is 3. The summed E-state index contributed by atoms with van der Waals surface area (Å²) in [5, 5.41) is 0.528. The molecule has 0 unspecified atom stereocenters. The Kier molecular flexibility index (Phi) is 3.68. The number of nitrogens with one attached hydrogen (secondary N) is 1. The summed E-state index contributed by atoms with van der Waals surface area (Å²) < 4.78 is 14.3. The molecule has 0 atom stereocenters. The van der Waals surface area contributed by atoms with Crippen molar-refractivity contribution in [2.75, 3.05) is 0 Å². The molecule has 3 aromatic rings. The molecule has 1 aromatic carbocycles. The van der Waals surface area contributed by atoms with E-state index >= 15 is 0 Å². The lowest BCUT2D eigenvalue weighted by atomic mass is 10.1. The van der Waals surface area contributed by atoms with Crippen LogP contribution in [0.3, 0.4) is 0 Å². The molecule has 1 N–H and O–H groups in total. The van der Waals surface area contributed by atoms with E-state index in [1.165, 1.54) is 29.5 Å². The summed E-state index contributed by atoms with van der Waals surface area (Å²) in [5.41, 5.74) is 0.606. The van der Waals surface area contributed by atoms with Crippen molar-refractivity contribution in [3.63, 3.8) is 0 Å². The van der Waals surface area contributed by atoms with Crippen LogP contribution in [-0.2, 0) is 19.4 Å². The van der Waals surface area contributed by atoms with Gasteiger partial charge < -0.3 is 0 Å². The second-order valence-corrected chi connectivity index (χ2v) is 7.38. The maximum atomic E-state index is 13.4. The fraction of sp³-hybridized carbons (Fsp3) is 0.278. The van der Waals surface area contributed by atoms with Crippen LogP contribution >= 0.6 is 11.3 Å². The predicted molar refractivity (Wildman–Crippen MR) is 94.2 cm³/mol. The zero-order chi connectivity index (χ0) is 17.7. The Morgan fingerprint density at radius 2 is 2.12 bits per heavy atom. The molecule has 2 aromatic heterocycles. The Labute approximate surface area is 145 Å². The maximum absolute atomic E-state index is 13.4. The van der Waals surface area contributed by atoms with Gasteiger partial charge in [-0.1, -0.05) is 0 Å². The molecule has 0 spiro atoms. The van der Waals surface area contributed by atoms with Gasteiger partial charge in [0, 0.05) is 10.4 Å². The normalized spacial score (nSPS) is 13.4. The highest BCUT2D eigenvalue weighted by atomic mass is 32.1. The molecular formula is C18H15FN2O3S. The number of carbonyl (C=O) groups excluding carboxylic acids is 1. The van der Waals surface area contributed by atoms with E-state index in [9.17, 15) is 18.8 Å². The minimum atomic E-state index is -0.593. The van der Waals surface area contributed by atoms with Crippen molar-refractivity contribution in [1.82, 2.24) is 9.55 Å². The molecule has 0 saturated heterocycles. The molecule has 25 heavy (non-hydrogen) atoms. The van der Waals surface area contributed by atoms with Gasteiger partial charge in [-0.15, -0.1) is 11.3 Å². The first-order valence-corrected chi connectivity index (χ1v) is 8.84. The van der Waals surface area contributed by atoms with Crippen LogP contribution in [0.2, 0.25) is 0 Å². The number of hydrogen-bond donors (Lipinski definition) is 1.